The van der Waals surface area contributed by atoms with Crippen molar-refractivity contribution >= 4 is 0 Å². The molecule has 5 heteroatoms. The van der Waals surface area contributed by atoms with Crippen LogP contribution in [0.2, 0.25) is 0 Å². The quantitative estimate of drug-likeness (QED) is 0.496. The zero-order chi connectivity index (χ0) is 14.8. The first-order valence-electron chi connectivity index (χ1n) is 6.92. The molecule has 0 saturated carbocycles. The Hall–Kier alpha value is -0.980. The van der Waals surface area contributed by atoms with Gasteiger partial charge < -0.3 is 25.4 Å². The van der Waals surface area contributed by atoms with E-state index in [-0.39, 0.29) is 26.4 Å². The van der Waals surface area contributed by atoms with Crippen molar-refractivity contribution in [2.75, 3.05) is 26.4 Å². The van der Waals surface area contributed by atoms with Crippen LogP contribution in [0, 0.1) is 0 Å². The molecule has 5 nitrogen and oxygen atoms in total. The second-order valence-corrected chi connectivity index (χ2v) is 4.99. The van der Waals surface area contributed by atoms with E-state index in [0.717, 1.165) is 5.56 Å². The second-order valence-electron chi connectivity index (χ2n) is 4.99. The van der Waals surface area contributed by atoms with Crippen molar-refractivity contribution in [3.63, 3.8) is 0 Å². The van der Waals surface area contributed by atoms with Crippen molar-refractivity contribution < 1.29 is 20.1 Å². The van der Waals surface area contributed by atoms with Crippen LogP contribution in [0.4, 0.5) is 0 Å². The average molecular weight is 283 g/mol. The molecule has 114 valence electrons. The van der Waals surface area contributed by atoms with Gasteiger partial charge in [-0.1, -0.05) is 37.3 Å². The molecule has 0 aliphatic carbocycles. The van der Waals surface area contributed by atoms with E-state index in [2.05, 4.69) is 5.32 Å². The van der Waals surface area contributed by atoms with Crippen molar-refractivity contribution in [3.8, 4) is 0 Å². The summed E-state index contributed by atoms with van der Waals surface area (Å²) in [7, 11) is 0. The fourth-order valence-corrected chi connectivity index (χ4v) is 1.79. The Morgan fingerprint density at radius 1 is 1.20 bits per heavy atom. The standard InChI is InChI=1S/C15H25NO4/c1-2-15(11-17,12-18)16-8-14(19)10-20-9-13-6-4-3-5-7-13/h3-7,14,16-19H,2,8-12H2,1H3. The maximum absolute atomic E-state index is 9.83. The molecular weight excluding hydrogens is 258 g/mol. The lowest BCUT2D eigenvalue weighted by Gasteiger charge is -2.30. The molecular formula is C15H25NO4. The minimum atomic E-state index is -0.736. The molecule has 0 amide bonds. The van der Waals surface area contributed by atoms with E-state index in [1.54, 1.807) is 0 Å². The van der Waals surface area contributed by atoms with E-state index in [1.807, 2.05) is 37.3 Å². The smallest absolute Gasteiger partial charge is 0.0898 e. The summed E-state index contributed by atoms with van der Waals surface area (Å²) >= 11 is 0. The molecule has 0 aromatic heterocycles. The summed E-state index contributed by atoms with van der Waals surface area (Å²) in [5.74, 6) is 0. The molecule has 0 spiro atoms. The summed E-state index contributed by atoms with van der Waals surface area (Å²) in [6, 6.07) is 9.74. The van der Waals surface area contributed by atoms with Crippen molar-refractivity contribution in [1.29, 1.82) is 0 Å². The monoisotopic (exact) mass is 283 g/mol. The zero-order valence-corrected chi connectivity index (χ0v) is 12.0. The Bertz CT molecular complexity index is 346. The molecule has 0 radical (unpaired) electrons. The predicted molar refractivity (Wildman–Crippen MR) is 77.3 cm³/mol. The number of nitrogens with one attached hydrogen (secondary N) is 1. The number of benzene rings is 1. The molecule has 0 fully saturated rings. The second kappa shape index (κ2) is 9.05. The fraction of sp³-hybridized carbons (Fsp3) is 0.600. The SMILES string of the molecule is CCC(CO)(CO)NCC(O)COCc1ccccc1. The molecule has 1 rings (SSSR count). The Balaban J connectivity index is 2.25. The van der Waals surface area contributed by atoms with Crippen molar-refractivity contribution in [2.45, 2.75) is 31.6 Å². The van der Waals surface area contributed by atoms with Gasteiger partial charge in [0.2, 0.25) is 0 Å². The van der Waals surface area contributed by atoms with E-state index < -0.39 is 11.6 Å². The van der Waals surface area contributed by atoms with Gasteiger partial charge >= 0.3 is 0 Å². The van der Waals surface area contributed by atoms with Gasteiger partial charge in [0, 0.05) is 6.54 Å². The van der Waals surface area contributed by atoms with Gasteiger partial charge in [0.25, 0.3) is 0 Å². The summed E-state index contributed by atoms with van der Waals surface area (Å²) < 4.78 is 5.43. The van der Waals surface area contributed by atoms with Gasteiger partial charge in [-0.05, 0) is 12.0 Å². The van der Waals surface area contributed by atoms with Crippen LogP contribution in [-0.2, 0) is 11.3 Å². The number of hydrogen-bond acceptors (Lipinski definition) is 5. The maximum atomic E-state index is 9.83. The average Bonchev–Trinajstić information content (AvgIpc) is 2.50. The van der Waals surface area contributed by atoms with Crippen molar-refractivity contribution in [1.82, 2.24) is 5.32 Å². The van der Waals surface area contributed by atoms with Crippen LogP contribution >= 0.6 is 0 Å². The number of rotatable bonds is 10. The molecule has 4 N–H and O–H groups in total. The van der Waals surface area contributed by atoms with Crippen LogP contribution in [0.3, 0.4) is 0 Å². The van der Waals surface area contributed by atoms with Gasteiger partial charge in [0.1, 0.15) is 0 Å². The molecule has 0 heterocycles. The Morgan fingerprint density at radius 3 is 2.40 bits per heavy atom. The number of β-amino-alcohol motifs (C(OH)–C–C–N with tert-alkyl or cyclic N) is 1. The van der Waals surface area contributed by atoms with E-state index in [4.69, 9.17) is 4.74 Å². The van der Waals surface area contributed by atoms with E-state index in [0.29, 0.717) is 13.0 Å². The van der Waals surface area contributed by atoms with E-state index >= 15 is 0 Å². The van der Waals surface area contributed by atoms with Gasteiger partial charge in [-0.3, -0.25) is 0 Å². The van der Waals surface area contributed by atoms with Crippen molar-refractivity contribution in [2.24, 2.45) is 0 Å². The molecule has 20 heavy (non-hydrogen) atoms. The van der Waals surface area contributed by atoms with Crippen LogP contribution < -0.4 is 5.32 Å². The summed E-state index contributed by atoms with van der Waals surface area (Å²) in [4.78, 5) is 0. The number of ether oxygens (including phenoxy) is 1. The highest BCUT2D eigenvalue weighted by Crippen LogP contribution is 2.08. The topological polar surface area (TPSA) is 82.0 Å². The summed E-state index contributed by atoms with van der Waals surface area (Å²) in [5, 5.41) is 31.4. The lowest BCUT2D eigenvalue weighted by atomic mass is 9.98. The Labute approximate surface area is 120 Å². The number of aliphatic hydroxyl groups is 3. The van der Waals surface area contributed by atoms with Crippen molar-refractivity contribution in [3.05, 3.63) is 35.9 Å². The third-order valence-corrected chi connectivity index (χ3v) is 3.42. The predicted octanol–water partition coefficient (Wildman–Crippen LogP) is 0.287. The molecule has 0 aliphatic heterocycles. The largest absolute Gasteiger partial charge is 0.394 e. The molecule has 1 unspecified atom stereocenters. The normalized spacial score (nSPS) is 13.4. The van der Waals surface area contributed by atoms with Crippen LogP contribution in [0.5, 0.6) is 0 Å². The van der Waals surface area contributed by atoms with E-state index in [9.17, 15) is 15.3 Å². The van der Waals surface area contributed by atoms with Crippen LogP contribution in [0.1, 0.15) is 18.9 Å². The summed E-state index contributed by atoms with van der Waals surface area (Å²) in [6.45, 7) is 2.46. The Morgan fingerprint density at radius 2 is 1.85 bits per heavy atom. The van der Waals surface area contributed by atoms with Gasteiger partial charge in [-0.15, -0.1) is 0 Å². The molecule has 1 atom stereocenters. The minimum Gasteiger partial charge on any atom is -0.394 e. The third-order valence-electron chi connectivity index (χ3n) is 3.42. The molecule has 0 aliphatic rings. The highest BCUT2D eigenvalue weighted by atomic mass is 16.5. The van der Waals surface area contributed by atoms with Gasteiger partial charge in [0.15, 0.2) is 0 Å². The number of hydrogen-bond donors (Lipinski definition) is 4. The minimum absolute atomic E-state index is 0.169. The first-order valence-corrected chi connectivity index (χ1v) is 6.92. The molecule has 1 aromatic rings. The van der Waals surface area contributed by atoms with Crippen LogP contribution in [-0.4, -0.2) is 53.3 Å². The molecule has 0 saturated heterocycles. The highest BCUT2D eigenvalue weighted by Gasteiger charge is 2.26. The van der Waals surface area contributed by atoms with Gasteiger partial charge in [-0.25, -0.2) is 0 Å². The summed E-state index contributed by atoms with van der Waals surface area (Å²) in [6.07, 6.45) is -0.0971. The van der Waals surface area contributed by atoms with Crippen LogP contribution in [0.25, 0.3) is 0 Å². The third kappa shape index (κ3) is 5.56. The lowest BCUT2D eigenvalue weighted by molar-refractivity contribution is 0.0154. The first-order chi connectivity index (χ1) is 9.65. The highest BCUT2D eigenvalue weighted by molar-refractivity contribution is 5.13. The Kier molecular flexibility index (Phi) is 7.72. The lowest BCUT2D eigenvalue weighted by Crippen LogP contribution is -2.53. The summed E-state index contributed by atoms with van der Waals surface area (Å²) in [5.41, 5.74) is 0.321. The van der Waals surface area contributed by atoms with Gasteiger partial charge in [0.05, 0.1) is 38.1 Å². The number of aliphatic hydroxyl groups excluding tert-OH is 3. The van der Waals surface area contributed by atoms with Crippen LogP contribution in [0.15, 0.2) is 30.3 Å². The molecule has 0 bridgehead atoms. The van der Waals surface area contributed by atoms with Gasteiger partial charge in [-0.2, -0.15) is 0 Å². The van der Waals surface area contributed by atoms with E-state index in [1.165, 1.54) is 0 Å². The maximum Gasteiger partial charge on any atom is 0.0898 e. The molecule has 1 aromatic carbocycles. The zero-order valence-electron chi connectivity index (χ0n) is 12.0. The fourth-order valence-electron chi connectivity index (χ4n) is 1.79. The first kappa shape index (κ1) is 17.1.